The number of fused-ring (bicyclic) bond motifs is 1. The fourth-order valence-corrected chi connectivity index (χ4v) is 3.53. The maximum Gasteiger partial charge on any atom is 0.214 e. The van der Waals surface area contributed by atoms with Crippen LogP contribution in [-0.2, 0) is 13.0 Å². The van der Waals surface area contributed by atoms with Crippen LogP contribution in [0.3, 0.4) is 0 Å². The Morgan fingerprint density at radius 2 is 2.03 bits per heavy atom. The second-order valence-electron chi connectivity index (χ2n) is 8.30. The summed E-state index contributed by atoms with van der Waals surface area (Å²) in [5.74, 6) is 3.26. The van der Waals surface area contributed by atoms with Gasteiger partial charge in [0.05, 0.1) is 30.2 Å². The van der Waals surface area contributed by atoms with Gasteiger partial charge in [-0.05, 0) is 26.0 Å². The Morgan fingerprint density at radius 1 is 1.23 bits per heavy atom. The van der Waals surface area contributed by atoms with Gasteiger partial charge >= 0.3 is 0 Å². The van der Waals surface area contributed by atoms with Crippen LogP contribution in [0, 0.1) is 5.41 Å². The van der Waals surface area contributed by atoms with E-state index >= 15 is 0 Å². The van der Waals surface area contributed by atoms with Gasteiger partial charge in [-0.25, -0.2) is 15.0 Å². The molecule has 0 bridgehead atoms. The van der Waals surface area contributed by atoms with Crippen LogP contribution >= 0.6 is 0 Å². The number of aromatic nitrogens is 3. The number of nitrogens with one attached hydrogen (secondary N) is 1. The highest BCUT2D eigenvalue weighted by Crippen LogP contribution is 2.27. The zero-order valence-electron chi connectivity index (χ0n) is 18.3. The van der Waals surface area contributed by atoms with Crippen molar-refractivity contribution in [3.63, 3.8) is 0 Å². The molecule has 1 aliphatic rings. The van der Waals surface area contributed by atoms with Crippen LogP contribution < -0.4 is 15.4 Å². The van der Waals surface area contributed by atoms with Crippen molar-refractivity contribution in [2.45, 2.75) is 52.7 Å². The summed E-state index contributed by atoms with van der Waals surface area (Å²) in [7, 11) is 0. The Kier molecular flexibility index (Phi) is 5.63. The molecule has 162 valence electrons. The summed E-state index contributed by atoms with van der Waals surface area (Å²) < 4.78 is 11.6. The van der Waals surface area contributed by atoms with Crippen LogP contribution in [0.5, 0.6) is 5.88 Å². The lowest BCUT2D eigenvalue weighted by molar-refractivity contribution is 0.232. The average Bonchev–Trinajstić information content (AvgIpc) is 3.18. The maximum absolute atomic E-state index is 8.73. The molecule has 0 saturated carbocycles. The van der Waals surface area contributed by atoms with Crippen molar-refractivity contribution >= 4 is 17.2 Å². The van der Waals surface area contributed by atoms with E-state index in [0.29, 0.717) is 29.4 Å². The summed E-state index contributed by atoms with van der Waals surface area (Å²) in [6, 6.07) is 5.45. The van der Waals surface area contributed by atoms with Crippen molar-refractivity contribution in [2.75, 3.05) is 17.2 Å². The molecule has 0 unspecified atom stereocenters. The number of nitrogens with zero attached hydrogens (tertiary/aromatic N) is 4. The minimum absolute atomic E-state index is 0.0116. The second kappa shape index (κ2) is 8.37. The topological polar surface area (TPSA) is 114 Å². The Bertz CT molecular complexity index is 1110. The van der Waals surface area contributed by atoms with Gasteiger partial charge < -0.3 is 19.8 Å². The molecule has 0 atom stereocenters. The Hall–Kier alpha value is -3.42. The number of pyridine rings is 2. The summed E-state index contributed by atoms with van der Waals surface area (Å²) in [5.41, 5.74) is 9.13. The molecule has 0 aliphatic carbocycles. The molecule has 0 saturated heterocycles. The molecule has 8 nitrogen and oxygen atoms in total. The van der Waals surface area contributed by atoms with Gasteiger partial charge in [0.2, 0.25) is 5.88 Å². The first-order valence-corrected chi connectivity index (χ1v) is 10.5. The largest absolute Gasteiger partial charge is 0.475 e. The quantitative estimate of drug-likeness (QED) is 0.581. The molecule has 0 radical (unpaired) electrons. The Morgan fingerprint density at radius 3 is 2.77 bits per heavy atom. The number of nitrogens with two attached hydrogens (primary N) is 1. The number of rotatable bonds is 6. The van der Waals surface area contributed by atoms with Gasteiger partial charge in [-0.15, -0.1) is 0 Å². The Balaban J connectivity index is 1.58. The van der Waals surface area contributed by atoms with Crippen molar-refractivity contribution in [2.24, 2.45) is 0 Å². The van der Waals surface area contributed by atoms with Crippen LogP contribution in [0.25, 0.3) is 0 Å². The molecule has 0 aromatic carbocycles. The van der Waals surface area contributed by atoms with Crippen LogP contribution in [0.1, 0.15) is 62.1 Å². The lowest BCUT2D eigenvalue weighted by Crippen LogP contribution is -2.31. The average molecular weight is 421 g/mol. The smallest absolute Gasteiger partial charge is 0.214 e. The molecule has 8 heteroatoms. The molecule has 3 N–H and O–H groups in total. The van der Waals surface area contributed by atoms with E-state index < -0.39 is 0 Å². The molecule has 0 fully saturated rings. The van der Waals surface area contributed by atoms with E-state index in [4.69, 9.17) is 20.3 Å². The van der Waals surface area contributed by atoms with Gasteiger partial charge in [-0.3, -0.25) is 5.41 Å². The van der Waals surface area contributed by atoms with E-state index in [9.17, 15) is 0 Å². The first kappa shape index (κ1) is 20.8. The monoisotopic (exact) mass is 420 g/mol. The van der Waals surface area contributed by atoms with Crippen LogP contribution in [-0.4, -0.2) is 33.3 Å². The van der Waals surface area contributed by atoms with E-state index in [-0.39, 0.29) is 12.0 Å². The number of nitrogen functional groups attached to an aromatic ring is 1. The second-order valence-corrected chi connectivity index (χ2v) is 8.30. The van der Waals surface area contributed by atoms with Gasteiger partial charge in [-0.2, -0.15) is 0 Å². The van der Waals surface area contributed by atoms with Gasteiger partial charge in [0, 0.05) is 42.3 Å². The Labute approximate surface area is 182 Å². The first-order valence-electron chi connectivity index (χ1n) is 10.5. The minimum atomic E-state index is -0.0116. The standard InChI is InChI=1S/C23H28N6O2/c1-13(2)23-28-18-12-29(8-6-19(18)31-23)20-9-15(5-7-26-20)22(25)16-10-21(30-14(3)4)27-11-17(16)24/h5,7,9-11,13-14,25H,6,8,12,24H2,1-4H3. The molecule has 4 rings (SSSR count). The summed E-state index contributed by atoms with van der Waals surface area (Å²) >= 11 is 0. The molecule has 0 amide bonds. The number of hydrogen-bond donors (Lipinski definition) is 2. The van der Waals surface area contributed by atoms with Gasteiger partial charge in [0.15, 0.2) is 5.89 Å². The van der Waals surface area contributed by atoms with E-state index in [1.54, 1.807) is 12.3 Å². The van der Waals surface area contributed by atoms with Crippen molar-refractivity contribution in [1.82, 2.24) is 15.0 Å². The zero-order valence-corrected chi connectivity index (χ0v) is 18.3. The van der Waals surface area contributed by atoms with E-state index in [0.717, 1.165) is 41.7 Å². The lowest BCUT2D eigenvalue weighted by Gasteiger charge is -2.26. The van der Waals surface area contributed by atoms with Crippen molar-refractivity contribution < 1.29 is 9.15 Å². The number of anilines is 2. The summed E-state index contributed by atoms with van der Waals surface area (Å²) in [6.07, 6.45) is 4.03. The fourth-order valence-electron chi connectivity index (χ4n) is 3.53. The van der Waals surface area contributed by atoms with Crippen molar-refractivity contribution in [3.8, 4) is 5.88 Å². The number of oxazole rings is 1. The van der Waals surface area contributed by atoms with Crippen LogP contribution in [0.2, 0.25) is 0 Å². The highest BCUT2D eigenvalue weighted by atomic mass is 16.5. The van der Waals surface area contributed by atoms with E-state index in [2.05, 4.69) is 33.7 Å². The predicted molar refractivity (Wildman–Crippen MR) is 120 cm³/mol. The summed E-state index contributed by atoms with van der Waals surface area (Å²) in [4.78, 5) is 15.6. The molecule has 0 spiro atoms. The van der Waals surface area contributed by atoms with E-state index in [1.165, 1.54) is 6.20 Å². The highest BCUT2D eigenvalue weighted by Gasteiger charge is 2.24. The van der Waals surface area contributed by atoms with Crippen LogP contribution in [0.4, 0.5) is 11.5 Å². The summed E-state index contributed by atoms with van der Waals surface area (Å²) in [6.45, 7) is 9.44. The van der Waals surface area contributed by atoms with Gasteiger partial charge in [-0.1, -0.05) is 13.8 Å². The lowest BCUT2D eigenvalue weighted by atomic mass is 10.0. The molecular weight excluding hydrogens is 392 g/mol. The maximum atomic E-state index is 8.73. The third-order valence-electron chi connectivity index (χ3n) is 5.13. The van der Waals surface area contributed by atoms with Crippen LogP contribution in [0.15, 0.2) is 35.0 Å². The van der Waals surface area contributed by atoms with Gasteiger partial charge in [0.1, 0.15) is 17.3 Å². The van der Waals surface area contributed by atoms with E-state index in [1.807, 2.05) is 26.0 Å². The van der Waals surface area contributed by atoms with Crippen molar-refractivity contribution in [3.05, 3.63) is 59.1 Å². The third-order valence-corrected chi connectivity index (χ3v) is 5.13. The summed E-state index contributed by atoms with van der Waals surface area (Å²) in [5, 5.41) is 8.73. The molecule has 3 aromatic rings. The zero-order chi connectivity index (χ0) is 22.1. The minimum Gasteiger partial charge on any atom is -0.475 e. The fraction of sp³-hybridized carbons (Fsp3) is 0.391. The normalized spacial score (nSPS) is 13.5. The molecular formula is C23H28N6O2. The van der Waals surface area contributed by atoms with Gasteiger partial charge in [0.25, 0.3) is 0 Å². The van der Waals surface area contributed by atoms with Crippen molar-refractivity contribution in [1.29, 1.82) is 5.41 Å². The number of ether oxygens (including phenoxy) is 1. The molecule has 1 aliphatic heterocycles. The molecule has 4 heterocycles. The SMILES string of the molecule is CC(C)Oc1cc(C(=N)c2ccnc(N3CCc4oc(C(C)C)nc4C3)c2)c(N)cn1. The molecule has 31 heavy (non-hydrogen) atoms. The predicted octanol–water partition coefficient (Wildman–Crippen LogP) is 3.94. The first-order chi connectivity index (χ1) is 14.8. The highest BCUT2D eigenvalue weighted by molar-refractivity contribution is 6.14. The third kappa shape index (κ3) is 4.38. The number of hydrogen-bond acceptors (Lipinski definition) is 8. The molecule has 3 aromatic heterocycles.